The Morgan fingerprint density at radius 3 is 2.92 bits per heavy atom. The van der Waals surface area contributed by atoms with E-state index in [0.29, 0.717) is 12.3 Å². The topological polar surface area (TPSA) is 57.6 Å². The Balaban J connectivity index is 2.54. The largest absolute Gasteiger partial charge is 0.480 e. The molecule has 13 heavy (non-hydrogen) atoms. The first-order valence-corrected chi connectivity index (χ1v) is 4.90. The van der Waals surface area contributed by atoms with Gasteiger partial charge < -0.3 is 10.0 Å². The number of piperidine rings is 1. The lowest BCUT2D eigenvalue weighted by Gasteiger charge is -2.30. The average molecular weight is 203 g/mol. The van der Waals surface area contributed by atoms with E-state index >= 15 is 0 Å². The molecule has 4 nitrogen and oxygen atoms in total. The smallest absolute Gasteiger partial charge is 0.323 e. The van der Waals surface area contributed by atoms with Gasteiger partial charge >= 0.3 is 5.97 Å². The normalized spacial score (nSPS) is 23.3. The Morgan fingerprint density at radius 2 is 2.38 bits per heavy atom. The van der Waals surface area contributed by atoms with Crippen molar-refractivity contribution in [3.05, 3.63) is 0 Å². The summed E-state index contributed by atoms with van der Waals surface area (Å²) in [4.78, 5) is 23.3. The van der Waals surface area contributed by atoms with Crippen molar-refractivity contribution in [2.24, 2.45) is 5.92 Å². The summed E-state index contributed by atoms with van der Waals surface area (Å²) < 4.78 is 0. The van der Waals surface area contributed by atoms with Gasteiger partial charge in [0.1, 0.15) is 6.54 Å². The molecule has 0 aliphatic carbocycles. The summed E-state index contributed by atoms with van der Waals surface area (Å²) >= 11 is 4.06. The van der Waals surface area contributed by atoms with E-state index in [2.05, 4.69) is 12.6 Å². The molecule has 0 aromatic carbocycles. The molecular formula is C8H13NO3S. The fourth-order valence-electron chi connectivity index (χ4n) is 1.51. The van der Waals surface area contributed by atoms with E-state index in [0.717, 1.165) is 12.8 Å². The molecule has 1 aliphatic heterocycles. The molecule has 0 spiro atoms. The van der Waals surface area contributed by atoms with E-state index in [1.807, 2.05) is 0 Å². The fraction of sp³-hybridized carbons (Fsp3) is 0.750. The predicted molar refractivity (Wildman–Crippen MR) is 50.8 cm³/mol. The molecule has 1 heterocycles. The number of hydrogen-bond donors (Lipinski definition) is 2. The Kier molecular flexibility index (Phi) is 3.59. The van der Waals surface area contributed by atoms with Crippen LogP contribution in [0, 0.1) is 5.92 Å². The molecule has 5 heteroatoms. The van der Waals surface area contributed by atoms with Crippen LogP contribution in [0.2, 0.25) is 0 Å². The zero-order chi connectivity index (χ0) is 9.84. The van der Waals surface area contributed by atoms with Crippen LogP contribution in [0.1, 0.15) is 12.8 Å². The lowest BCUT2D eigenvalue weighted by molar-refractivity contribution is -0.147. The van der Waals surface area contributed by atoms with Crippen molar-refractivity contribution < 1.29 is 14.7 Å². The van der Waals surface area contributed by atoms with Gasteiger partial charge in [-0.15, -0.1) is 0 Å². The summed E-state index contributed by atoms with van der Waals surface area (Å²) in [5.74, 6) is -0.595. The molecule has 1 N–H and O–H groups in total. The molecule has 0 radical (unpaired) electrons. The molecule has 74 valence electrons. The third-order valence-corrected chi connectivity index (χ3v) is 2.63. The van der Waals surface area contributed by atoms with Crippen LogP contribution in [0.4, 0.5) is 0 Å². The first-order chi connectivity index (χ1) is 6.15. The first kappa shape index (κ1) is 10.4. The van der Waals surface area contributed by atoms with Crippen LogP contribution < -0.4 is 0 Å². The molecule has 1 amide bonds. The summed E-state index contributed by atoms with van der Waals surface area (Å²) in [6.07, 6.45) is 1.71. The maximum Gasteiger partial charge on any atom is 0.323 e. The minimum atomic E-state index is -0.951. The highest BCUT2D eigenvalue weighted by molar-refractivity contribution is 7.80. The molecule has 1 rings (SSSR count). The first-order valence-electron chi connectivity index (χ1n) is 4.26. The Morgan fingerprint density at radius 1 is 1.69 bits per heavy atom. The number of amides is 1. The zero-order valence-electron chi connectivity index (χ0n) is 7.27. The Hall–Kier alpha value is -0.710. The number of carboxylic acid groups (broad SMARTS) is 1. The third kappa shape index (κ3) is 2.62. The molecule has 0 aromatic rings. The molecule has 1 atom stereocenters. The third-order valence-electron chi connectivity index (χ3n) is 2.19. The highest BCUT2D eigenvalue weighted by Crippen LogP contribution is 2.18. The zero-order valence-corrected chi connectivity index (χ0v) is 8.17. The van der Waals surface area contributed by atoms with Gasteiger partial charge in [0.15, 0.2) is 0 Å². The van der Waals surface area contributed by atoms with Crippen molar-refractivity contribution >= 4 is 24.5 Å². The van der Waals surface area contributed by atoms with Crippen molar-refractivity contribution in [2.45, 2.75) is 12.8 Å². The number of carbonyl (C=O) groups excluding carboxylic acids is 1. The number of carboxylic acids is 1. The Labute approximate surface area is 82.3 Å². The highest BCUT2D eigenvalue weighted by Gasteiger charge is 2.28. The van der Waals surface area contributed by atoms with E-state index in [4.69, 9.17) is 5.11 Å². The SMILES string of the molecule is O=C(O)CN1CCCC(CS)C1=O. The van der Waals surface area contributed by atoms with Crippen LogP contribution in [-0.4, -0.2) is 40.7 Å². The minimum absolute atomic E-state index is 0.0661. The summed E-state index contributed by atoms with van der Waals surface area (Å²) in [5.41, 5.74) is 0. The number of thiol groups is 1. The van der Waals surface area contributed by atoms with Crippen LogP contribution in [0.25, 0.3) is 0 Å². The van der Waals surface area contributed by atoms with Gasteiger partial charge in [0.25, 0.3) is 0 Å². The quantitative estimate of drug-likeness (QED) is 0.646. The van der Waals surface area contributed by atoms with Gasteiger partial charge in [-0.05, 0) is 12.8 Å². The van der Waals surface area contributed by atoms with Gasteiger partial charge in [-0.2, -0.15) is 12.6 Å². The molecule has 1 unspecified atom stereocenters. The fourth-order valence-corrected chi connectivity index (χ4v) is 1.85. The van der Waals surface area contributed by atoms with E-state index in [-0.39, 0.29) is 18.4 Å². The van der Waals surface area contributed by atoms with Crippen molar-refractivity contribution in [2.75, 3.05) is 18.8 Å². The van der Waals surface area contributed by atoms with Crippen LogP contribution in [-0.2, 0) is 9.59 Å². The van der Waals surface area contributed by atoms with Crippen molar-refractivity contribution in [3.8, 4) is 0 Å². The van der Waals surface area contributed by atoms with Crippen molar-refractivity contribution in [3.63, 3.8) is 0 Å². The van der Waals surface area contributed by atoms with E-state index < -0.39 is 5.97 Å². The number of hydrogen-bond acceptors (Lipinski definition) is 3. The van der Waals surface area contributed by atoms with Gasteiger partial charge in [0, 0.05) is 18.2 Å². The van der Waals surface area contributed by atoms with Gasteiger partial charge in [-0.3, -0.25) is 9.59 Å². The second-order valence-corrected chi connectivity index (χ2v) is 3.54. The van der Waals surface area contributed by atoms with Crippen LogP contribution in [0.5, 0.6) is 0 Å². The highest BCUT2D eigenvalue weighted by atomic mass is 32.1. The second kappa shape index (κ2) is 4.50. The lowest BCUT2D eigenvalue weighted by atomic mass is 9.99. The molecule has 0 bridgehead atoms. The van der Waals surface area contributed by atoms with Gasteiger partial charge in [-0.1, -0.05) is 0 Å². The molecular weight excluding hydrogens is 190 g/mol. The Bertz CT molecular complexity index is 219. The minimum Gasteiger partial charge on any atom is -0.480 e. The number of nitrogens with zero attached hydrogens (tertiary/aromatic N) is 1. The standard InChI is InChI=1S/C8H13NO3S/c10-7(11)4-9-3-1-2-6(5-13)8(9)12/h6,13H,1-5H2,(H,10,11). The van der Waals surface area contributed by atoms with E-state index in [9.17, 15) is 9.59 Å². The van der Waals surface area contributed by atoms with Gasteiger partial charge in [0.2, 0.25) is 5.91 Å². The summed E-state index contributed by atoms with van der Waals surface area (Å²) in [6, 6.07) is 0. The van der Waals surface area contributed by atoms with Crippen LogP contribution >= 0.6 is 12.6 Å². The molecule has 1 aliphatic rings. The second-order valence-electron chi connectivity index (χ2n) is 3.18. The predicted octanol–water partition coefficient (Wildman–Crippen LogP) is 0.239. The van der Waals surface area contributed by atoms with Crippen molar-refractivity contribution in [1.82, 2.24) is 4.90 Å². The lowest BCUT2D eigenvalue weighted by Crippen LogP contribution is -2.44. The number of likely N-dealkylation sites (tertiary alicyclic amines) is 1. The molecule has 0 aromatic heterocycles. The average Bonchev–Trinajstić information content (AvgIpc) is 2.08. The van der Waals surface area contributed by atoms with Crippen LogP contribution in [0.15, 0.2) is 0 Å². The molecule has 1 fully saturated rings. The van der Waals surface area contributed by atoms with Gasteiger partial charge in [0.05, 0.1) is 0 Å². The van der Waals surface area contributed by atoms with Gasteiger partial charge in [-0.25, -0.2) is 0 Å². The number of aliphatic carboxylic acids is 1. The maximum absolute atomic E-state index is 11.5. The van der Waals surface area contributed by atoms with Crippen molar-refractivity contribution in [1.29, 1.82) is 0 Å². The maximum atomic E-state index is 11.5. The van der Waals surface area contributed by atoms with E-state index in [1.165, 1.54) is 4.90 Å². The number of carbonyl (C=O) groups is 2. The molecule has 1 saturated heterocycles. The van der Waals surface area contributed by atoms with Crippen LogP contribution in [0.3, 0.4) is 0 Å². The summed E-state index contributed by atoms with van der Waals surface area (Å²) in [7, 11) is 0. The summed E-state index contributed by atoms with van der Waals surface area (Å²) in [6.45, 7) is 0.387. The monoisotopic (exact) mass is 203 g/mol. The van der Waals surface area contributed by atoms with E-state index in [1.54, 1.807) is 0 Å². The number of rotatable bonds is 3. The molecule has 0 saturated carbocycles. The summed E-state index contributed by atoms with van der Waals surface area (Å²) in [5, 5.41) is 8.53.